The van der Waals surface area contributed by atoms with E-state index in [-0.39, 0.29) is 17.7 Å². The van der Waals surface area contributed by atoms with Gasteiger partial charge >= 0.3 is 0 Å². The van der Waals surface area contributed by atoms with Crippen LogP contribution >= 0.6 is 22.6 Å². The number of halogens is 2. The number of benzene rings is 1. The van der Waals surface area contributed by atoms with Crippen LogP contribution in [0.4, 0.5) is 4.39 Å². The maximum absolute atomic E-state index is 13.8. The van der Waals surface area contributed by atoms with E-state index in [2.05, 4.69) is 4.98 Å². The van der Waals surface area contributed by atoms with Crippen LogP contribution in [0.25, 0.3) is 0 Å². The smallest absolute Gasteiger partial charge is 0.267 e. The lowest BCUT2D eigenvalue weighted by molar-refractivity contribution is 0.588. The highest BCUT2D eigenvalue weighted by molar-refractivity contribution is 14.1. The summed E-state index contributed by atoms with van der Waals surface area (Å²) in [5.41, 5.74) is 0.413. The first kappa shape index (κ1) is 13.7. The summed E-state index contributed by atoms with van der Waals surface area (Å²) in [6.07, 6.45) is 1.49. The second-order valence-electron chi connectivity index (χ2n) is 3.96. The van der Waals surface area contributed by atoms with Crippen molar-refractivity contribution >= 4 is 22.6 Å². The summed E-state index contributed by atoms with van der Waals surface area (Å²) in [5, 5.41) is 8.68. The zero-order chi connectivity index (χ0) is 14.0. The number of rotatable bonds is 2. The first-order valence-electron chi connectivity index (χ1n) is 5.43. The van der Waals surface area contributed by atoms with Crippen LogP contribution in [0.15, 0.2) is 29.2 Å². The minimum absolute atomic E-state index is 0.103. The molecule has 0 N–H and O–H groups in total. The molecule has 0 spiro atoms. The van der Waals surface area contributed by atoms with Gasteiger partial charge in [-0.25, -0.2) is 9.37 Å². The Labute approximate surface area is 122 Å². The molecule has 0 aliphatic heterocycles. The number of hydrogen-bond acceptors (Lipinski definition) is 3. The van der Waals surface area contributed by atoms with Crippen molar-refractivity contribution in [3.63, 3.8) is 0 Å². The molecule has 1 heterocycles. The average molecular weight is 369 g/mol. The summed E-state index contributed by atoms with van der Waals surface area (Å²) in [6, 6.07) is 6.07. The van der Waals surface area contributed by atoms with Gasteiger partial charge in [0.2, 0.25) is 0 Å². The fourth-order valence-corrected chi connectivity index (χ4v) is 2.08. The minimum atomic E-state index is -0.496. The number of aromatic nitrogens is 2. The Morgan fingerprint density at radius 2 is 2.26 bits per heavy atom. The van der Waals surface area contributed by atoms with Crippen molar-refractivity contribution < 1.29 is 4.39 Å². The highest BCUT2D eigenvalue weighted by Crippen LogP contribution is 2.11. The molecule has 0 saturated heterocycles. The standard InChI is InChI=1S/C13H9FIN3O/c1-8-17-6-12(15)13(19)18(8)7-10-3-2-9(5-16)4-11(10)14/h2-4,6H,7H2,1H3. The van der Waals surface area contributed by atoms with Gasteiger partial charge in [0, 0.05) is 11.8 Å². The number of nitriles is 1. The fourth-order valence-electron chi connectivity index (χ4n) is 1.65. The van der Waals surface area contributed by atoms with Crippen molar-refractivity contribution in [3.05, 3.63) is 61.1 Å². The van der Waals surface area contributed by atoms with E-state index < -0.39 is 5.82 Å². The Bertz CT molecular complexity index is 734. The van der Waals surface area contributed by atoms with Crippen LogP contribution in [0.1, 0.15) is 17.0 Å². The Morgan fingerprint density at radius 3 is 2.89 bits per heavy atom. The van der Waals surface area contributed by atoms with Crippen molar-refractivity contribution in [1.29, 1.82) is 5.26 Å². The van der Waals surface area contributed by atoms with Crippen LogP contribution in [0.2, 0.25) is 0 Å². The van der Waals surface area contributed by atoms with Crippen molar-refractivity contribution in [3.8, 4) is 6.07 Å². The first-order valence-corrected chi connectivity index (χ1v) is 6.51. The SMILES string of the molecule is Cc1ncc(I)c(=O)n1Cc1ccc(C#N)cc1F. The van der Waals surface area contributed by atoms with E-state index in [9.17, 15) is 9.18 Å². The molecule has 0 bridgehead atoms. The Morgan fingerprint density at radius 1 is 1.53 bits per heavy atom. The van der Waals surface area contributed by atoms with Gasteiger partial charge in [-0.15, -0.1) is 0 Å². The second-order valence-corrected chi connectivity index (χ2v) is 5.12. The van der Waals surface area contributed by atoms with E-state index in [1.54, 1.807) is 6.92 Å². The molecule has 19 heavy (non-hydrogen) atoms. The van der Waals surface area contributed by atoms with Crippen molar-refractivity contribution in [2.75, 3.05) is 0 Å². The molecule has 0 atom stereocenters. The highest BCUT2D eigenvalue weighted by Gasteiger charge is 2.09. The highest BCUT2D eigenvalue weighted by atomic mass is 127. The molecule has 4 nitrogen and oxygen atoms in total. The molecule has 0 saturated carbocycles. The molecular weight excluding hydrogens is 360 g/mol. The Kier molecular flexibility index (Phi) is 3.95. The quantitative estimate of drug-likeness (QED) is 0.763. The second kappa shape index (κ2) is 5.48. The summed E-state index contributed by atoms with van der Waals surface area (Å²) in [4.78, 5) is 16.0. The van der Waals surface area contributed by atoms with E-state index in [1.165, 1.54) is 22.9 Å². The van der Waals surface area contributed by atoms with Crippen LogP contribution in [0, 0.1) is 27.6 Å². The maximum Gasteiger partial charge on any atom is 0.267 e. The summed E-state index contributed by atoms with van der Waals surface area (Å²) in [7, 11) is 0. The zero-order valence-electron chi connectivity index (χ0n) is 10.0. The van der Waals surface area contributed by atoms with Crippen molar-refractivity contribution in [2.24, 2.45) is 0 Å². The Balaban J connectivity index is 2.46. The van der Waals surface area contributed by atoms with E-state index in [0.29, 0.717) is 15.0 Å². The summed E-state index contributed by atoms with van der Waals surface area (Å²) >= 11 is 1.90. The van der Waals surface area contributed by atoms with Gasteiger partial charge in [0.05, 0.1) is 21.7 Å². The average Bonchev–Trinajstić information content (AvgIpc) is 2.40. The molecule has 1 aromatic heterocycles. The lowest BCUT2D eigenvalue weighted by Gasteiger charge is -2.10. The molecule has 0 aliphatic carbocycles. The van der Waals surface area contributed by atoms with Gasteiger partial charge in [0.15, 0.2) is 0 Å². The largest absolute Gasteiger partial charge is 0.291 e. The van der Waals surface area contributed by atoms with Crippen LogP contribution in [-0.2, 0) is 6.54 Å². The molecule has 1 aromatic carbocycles. The topological polar surface area (TPSA) is 58.7 Å². The van der Waals surface area contributed by atoms with Crippen molar-refractivity contribution in [2.45, 2.75) is 13.5 Å². The summed E-state index contributed by atoms with van der Waals surface area (Å²) in [5.74, 6) is 0.0263. The van der Waals surface area contributed by atoms with E-state index in [0.717, 1.165) is 6.07 Å². The molecule has 0 amide bonds. The lowest BCUT2D eigenvalue weighted by atomic mass is 10.1. The predicted octanol–water partition coefficient (Wildman–Crippen LogP) is 2.22. The van der Waals surface area contributed by atoms with E-state index in [1.807, 2.05) is 28.7 Å². The molecular formula is C13H9FIN3O. The molecule has 0 aliphatic rings. The Hall–Kier alpha value is -1.75. The summed E-state index contributed by atoms with van der Waals surface area (Å²) in [6.45, 7) is 1.80. The van der Waals surface area contributed by atoms with Crippen molar-refractivity contribution in [1.82, 2.24) is 9.55 Å². The van der Waals surface area contributed by atoms with Gasteiger partial charge in [-0.2, -0.15) is 5.26 Å². The third-order valence-corrected chi connectivity index (χ3v) is 3.46. The third-order valence-electron chi connectivity index (χ3n) is 2.72. The van der Waals surface area contributed by atoms with Crippen LogP contribution in [0.5, 0.6) is 0 Å². The van der Waals surface area contributed by atoms with Gasteiger partial charge in [0.1, 0.15) is 11.6 Å². The number of hydrogen-bond donors (Lipinski definition) is 0. The number of nitrogens with zero attached hydrogens (tertiary/aromatic N) is 3. The van der Waals surface area contributed by atoms with Crippen LogP contribution in [-0.4, -0.2) is 9.55 Å². The third kappa shape index (κ3) is 2.81. The normalized spacial score (nSPS) is 10.2. The summed E-state index contributed by atoms with van der Waals surface area (Å²) < 4.78 is 15.7. The molecule has 2 aromatic rings. The zero-order valence-corrected chi connectivity index (χ0v) is 12.2. The molecule has 0 unspecified atom stereocenters. The molecule has 2 rings (SSSR count). The van der Waals surface area contributed by atoms with Gasteiger partial charge in [-0.3, -0.25) is 9.36 Å². The number of aryl methyl sites for hydroxylation is 1. The monoisotopic (exact) mass is 369 g/mol. The lowest BCUT2D eigenvalue weighted by Crippen LogP contribution is -2.26. The van der Waals surface area contributed by atoms with Crippen LogP contribution in [0.3, 0.4) is 0 Å². The molecule has 6 heteroatoms. The predicted molar refractivity (Wildman–Crippen MR) is 76.2 cm³/mol. The molecule has 0 radical (unpaired) electrons. The van der Waals surface area contributed by atoms with Gasteiger partial charge in [0.25, 0.3) is 5.56 Å². The van der Waals surface area contributed by atoms with E-state index in [4.69, 9.17) is 5.26 Å². The van der Waals surface area contributed by atoms with E-state index >= 15 is 0 Å². The molecule has 0 fully saturated rings. The van der Waals surface area contributed by atoms with Crippen LogP contribution < -0.4 is 5.56 Å². The fraction of sp³-hybridized carbons (Fsp3) is 0.154. The van der Waals surface area contributed by atoms with Gasteiger partial charge in [-0.05, 0) is 41.6 Å². The minimum Gasteiger partial charge on any atom is -0.291 e. The molecule has 96 valence electrons. The van der Waals surface area contributed by atoms with Gasteiger partial charge in [-0.1, -0.05) is 6.07 Å². The maximum atomic E-state index is 13.8. The first-order chi connectivity index (χ1) is 9.02. The van der Waals surface area contributed by atoms with Gasteiger partial charge < -0.3 is 0 Å².